The first-order chi connectivity index (χ1) is 17.1. The maximum absolute atomic E-state index is 13.4. The molecule has 0 radical (unpaired) electrons. The van der Waals surface area contributed by atoms with Crippen molar-refractivity contribution in [2.45, 2.75) is 32.6 Å². The van der Waals surface area contributed by atoms with E-state index >= 15 is 0 Å². The predicted molar refractivity (Wildman–Crippen MR) is 138 cm³/mol. The molecule has 7 heteroatoms. The van der Waals surface area contributed by atoms with Crippen LogP contribution < -0.4 is 9.75 Å². The number of nitrogens with zero attached hydrogens (tertiary/aromatic N) is 3. The lowest BCUT2D eigenvalue weighted by Crippen LogP contribution is -2.21. The van der Waals surface area contributed by atoms with Gasteiger partial charge in [0.15, 0.2) is 0 Å². The Labute approximate surface area is 204 Å². The quantitative estimate of drug-likeness (QED) is 0.149. The van der Waals surface area contributed by atoms with Gasteiger partial charge in [-0.2, -0.15) is 10.1 Å². The number of amides is 1. The molecule has 1 aliphatic rings. The molecule has 4 rings (SSSR count). The van der Waals surface area contributed by atoms with Gasteiger partial charge in [0.2, 0.25) is 0 Å². The van der Waals surface area contributed by atoms with Crippen molar-refractivity contribution in [1.29, 1.82) is 0 Å². The molecule has 3 aromatic carbocycles. The van der Waals surface area contributed by atoms with Crippen LogP contribution in [0.15, 0.2) is 89.5 Å². The normalized spacial score (nSPS) is 14.3. The fraction of sp³-hybridized carbons (Fsp3) is 0.214. The zero-order valence-corrected chi connectivity index (χ0v) is 19.6. The molecule has 0 spiro atoms. The van der Waals surface area contributed by atoms with Crippen molar-refractivity contribution in [3.63, 3.8) is 0 Å². The first kappa shape index (κ1) is 23.9. The number of carbonyl (C=O) groups is 1. The summed E-state index contributed by atoms with van der Waals surface area (Å²) in [6.45, 7) is 2.87. The van der Waals surface area contributed by atoms with Crippen LogP contribution in [0.1, 0.15) is 43.7 Å². The number of hydrazone groups is 1. The second-order valence-electron chi connectivity index (χ2n) is 8.24. The lowest BCUT2D eigenvalue weighted by atomic mass is 10.0. The molecule has 0 aromatic heterocycles. The topological polar surface area (TPSA) is 85.0 Å². The summed E-state index contributed by atoms with van der Waals surface area (Å²) in [5.74, 6) is 0.500. The average Bonchev–Trinajstić information content (AvgIpc) is 3.21. The zero-order chi connectivity index (χ0) is 24.6. The molecule has 178 valence electrons. The molecule has 35 heavy (non-hydrogen) atoms. The van der Waals surface area contributed by atoms with Crippen molar-refractivity contribution in [2.75, 3.05) is 11.6 Å². The van der Waals surface area contributed by atoms with Crippen LogP contribution in [-0.2, 0) is 4.79 Å². The summed E-state index contributed by atoms with van der Waals surface area (Å²) < 4.78 is 5.82. The van der Waals surface area contributed by atoms with Gasteiger partial charge in [-0.25, -0.2) is 0 Å². The van der Waals surface area contributed by atoms with Crippen LogP contribution in [0.25, 0.3) is 6.08 Å². The highest BCUT2D eigenvalue weighted by Crippen LogP contribution is 2.29. The fourth-order valence-electron chi connectivity index (χ4n) is 3.79. The van der Waals surface area contributed by atoms with Gasteiger partial charge >= 0.3 is 0 Å². The number of rotatable bonds is 10. The Kier molecular flexibility index (Phi) is 7.67. The van der Waals surface area contributed by atoms with Crippen LogP contribution in [0.3, 0.4) is 0 Å². The van der Waals surface area contributed by atoms with Crippen LogP contribution in [0.2, 0.25) is 0 Å². The van der Waals surface area contributed by atoms with Crippen molar-refractivity contribution < 1.29 is 14.5 Å². The van der Waals surface area contributed by atoms with Crippen LogP contribution in [0.5, 0.6) is 5.75 Å². The molecule has 3 aromatic rings. The van der Waals surface area contributed by atoms with Gasteiger partial charge < -0.3 is 4.74 Å². The number of ether oxygens (including phenoxy) is 1. The minimum absolute atomic E-state index is 0.0453. The molecular weight excluding hydrogens is 442 g/mol. The highest BCUT2D eigenvalue weighted by atomic mass is 16.6. The van der Waals surface area contributed by atoms with Gasteiger partial charge in [0.1, 0.15) is 11.5 Å². The highest BCUT2D eigenvalue weighted by Gasteiger charge is 2.32. The van der Waals surface area contributed by atoms with Crippen LogP contribution in [0.4, 0.5) is 11.4 Å². The summed E-state index contributed by atoms with van der Waals surface area (Å²) in [6, 6.07) is 22.9. The minimum atomic E-state index is -0.474. The van der Waals surface area contributed by atoms with E-state index in [0.717, 1.165) is 29.7 Å². The van der Waals surface area contributed by atoms with E-state index in [9.17, 15) is 14.9 Å². The summed E-state index contributed by atoms with van der Waals surface area (Å²) in [5, 5.41) is 16.9. The highest BCUT2D eigenvalue weighted by molar-refractivity contribution is 6.37. The third kappa shape index (κ3) is 5.81. The Bertz CT molecular complexity index is 1230. The molecule has 7 nitrogen and oxygen atoms in total. The van der Waals surface area contributed by atoms with Crippen LogP contribution >= 0.6 is 0 Å². The van der Waals surface area contributed by atoms with E-state index in [4.69, 9.17) is 4.74 Å². The van der Waals surface area contributed by atoms with Crippen LogP contribution in [0, 0.1) is 10.1 Å². The number of carbonyl (C=O) groups excluding carboxylic acids is 1. The lowest BCUT2D eigenvalue weighted by molar-refractivity contribution is -0.384. The standard InChI is InChI=1S/C28H27N3O4/c1-2-3-4-8-19-35-25-17-11-21(12-18-25)20-26-27(22-9-6-5-7-10-22)29-30(28(26)32)23-13-15-24(16-14-23)31(33)34/h5-7,9-18,20H,2-4,8,19H2,1H3. The third-order valence-corrected chi connectivity index (χ3v) is 5.69. The van der Waals surface area contributed by atoms with Gasteiger partial charge in [0.05, 0.1) is 22.8 Å². The molecule has 0 fully saturated rings. The zero-order valence-electron chi connectivity index (χ0n) is 19.6. The van der Waals surface area contributed by atoms with Gasteiger partial charge in [0, 0.05) is 17.7 Å². The molecule has 0 saturated carbocycles. The van der Waals surface area contributed by atoms with Gasteiger partial charge in [-0.1, -0.05) is 68.7 Å². The maximum Gasteiger partial charge on any atom is 0.281 e. The molecule has 0 N–H and O–H groups in total. The van der Waals surface area contributed by atoms with E-state index in [1.165, 1.54) is 42.1 Å². The predicted octanol–water partition coefficient (Wildman–Crippen LogP) is 6.39. The van der Waals surface area contributed by atoms with Gasteiger partial charge in [-0.15, -0.1) is 0 Å². The van der Waals surface area contributed by atoms with Gasteiger partial charge in [-0.05, 0) is 42.3 Å². The first-order valence-corrected chi connectivity index (χ1v) is 11.7. The molecule has 0 saturated heterocycles. The Hall–Kier alpha value is -4.26. The van der Waals surface area contributed by atoms with Gasteiger partial charge in [-0.3, -0.25) is 14.9 Å². The van der Waals surface area contributed by atoms with Crippen molar-refractivity contribution >= 4 is 29.1 Å². The van der Waals surface area contributed by atoms with E-state index in [1.54, 1.807) is 0 Å². The third-order valence-electron chi connectivity index (χ3n) is 5.69. The number of hydrogen-bond donors (Lipinski definition) is 0. The first-order valence-electron chi connectivity index (χ1n) is 11.7. The number of hydrogen-bond acceptors (Lipinski definition) is 5. The molecule has 0 atom stereocenters. The monoisotopic (exact) mass is 469 g/mol. The summed E-state index contributed by atoms with van der Waals surface area (Å²) in [6.07, 6.45) is 6.41. The molecule has 1 heterocycles. The number of unbranched alkanes of at least 4 members (excludes halogenated alkanes) is 3. The SMILES string of the molecule is CCCCCCOc1ccc(C=C2C(=O)N(c3ccc([N+](=O)[O-])cc3)N=C2c2ccccc2)cc1. The summed E-state index contributed by atoms with van der Waals surface area (Å²) in [7, 11) is 0. The molecular formula is C28H27N3O4. The molecule has 0 aliphatic carbocycles. The number of anilines is 1. The van der Waals surface area contributed by atoms with E-state index in [0.29, 0.717) is 23.6 Å². The Balaban J connectivity index is 1.58. The number of nitro benzene ring substituents is 1. The average molecular weight is 470 g/mol. The second-order valence-corrected chi connectivity index (χ2v) is 8.24. The van der Waals surface area contributed by atoms with E-state index in [1.807, 2.05) is 60.7 Å². The molecule has 0 unspecified atom stereocenters. The second kappa shape index (κ2) is 11.2. The van der Waals surface area contributed by atoms with Crippen molar-refractivity contribution in [3.8, 4) is 5.75 Å². The Morgan fingerprint density at radius 3 is 2.31 bits per heavy atom. The lowest BCUT2D eigenvalue weighted by Gasteiger charge is -2.11. The van der Waals surface area contributed by atoms with E-state index in [2.05, 4.69) is 12.0 Å². The number of benzene rings is 3. The summed E-state index contributed by atoms with van der Waals surface area (Å²) in [4.78, 5) is 23.9. The Morgan fingerprint density at radius 1 is 0.943 bits per heavy atom. The van der Waals surface area contributed by atoms with Gasteiger partial charge in [0.25, 0.3) is 11.6 Å². The Morgan fingerprint density at radius 2 is 1.66 bits per heavy atom. The maximum atomic E-state index is 13.4. The molecule has 0 bridgehead atoms. The number of non-ortho nitro benzene ring substituents is 1. The summed E-state index contributed by atoms with van der Waals surface area (Å²) >= 11 is 0. The summed E-state index contributed by atoms with van der Waals surface area (Å²) in [5.41, 5.74) is 3.07. The molecule has 1 amide bonds. The largest absolute Gasteiger partial charge is 0.494 e. The van der Waals surface area contributed by atoms with E-state index < -0.39 is 4.92 Å². The fourth-order valence-corrected chi connectivity index (χ4v) is 3.79. The van der Waals surface area contributed by atoms with Crippen molar-refractivity contribution in [2.24, 2.45) is 5.10 Å². The van der Waals surface area contributed by atoms with Crippen molar-refractivity contribution in [1.82, 2.24) is 0 Å². The van der Waals surface area contributed by atoms with Crippen molar-refractivity contribution in [3.05, 3.63) is 106 Å². The smallest absolute Gasteiger partial charge is 0.281 e. The molecule has 1 aliphatic heterocycles. The number of nitro groups is 1. The van der Waals surface area contributed by atoms with E-state index in [-0.39, 0.29) is 11.6 Å². The minimum Gasteiger partial charge on any atom is -0.494 e. The van der Waals surface area contributed by atoms with Crippen LogP contribution in [-0.4, -0.2) is 23.1 Å².